The number of nitrogens with zero attached hydrogens (tertiary/aromatic N) is 1. The van der Waals surface area contributed by atoms with Crippen molar-refractivity contribution in [2.24, 2.45) is 4.99 Å². The standard InChI is InChI=1S/C8H7NO4/c1-6(2)8(12)13-7(11)3-4-9-5-10/h3-4H,1H2,2H3. The minimum atomic E-state index is -0.910. The maximum atomic E-state index is 10.7. The predicted molar refractivity (Wildman–Crippen MR) is 43.2 cm³/mol. The summed E-state index contributed by atoms with van der Waals surface area (Å²) < 4.78 is 4.20. The fourth-order valence-electron chi connectivity index (χ4n) is 0.341. The third-order valence-corrected chi connectivity index (χ3v) is 0.880. The zero-order valence-corrected chi connectivity index (χ0v) is 6.94. The van der Waals surface area contributed by atoms with E-state index in [1.807, 2.05) is 0 Å². The summed E-state index contributed by atoms with van der Waals surface area (Å²) >= 11 is 0. The number of aliphatic imine (C=N–C) groups is 1. The molecule has 0 aromatic rings. The Hall–Kier alpha value is -2.00. The second-order valence-corrected chi connectivity index (χ2v) is 2.03. The second kappa shape index (κ2) is 5.62. The highest BCUT2D eigenvalue weighted by molar-refractivity contribution is 5.98. The predicted octanol–water partition coefficient (Wildman–Crippen LogP) is 0.482. The Bertz CT molecular complexity index is 310. The van der Waals surface area contributed by atoms with Crippen molar-refractivity contribution in [1.82, 2.24) is 0 Å². The van der Waals surface area contributed by atoms with Gasteiger partial charge in [-0.25, -0.2) is 14.4 Å². The zero-order valence-electron chi connectivity index (χ0n) is 6.94. The van der Waals surface area contributed by atoms with Crippen LogP contribution in [0.25, 0.3) is 0 Å². The van der Waals surface area contributed by atoms with Crippen LogP contribution in [0.4, 0.5) is 0 Å². The van der Waals surface area contributed by atoms with Gasteiger partial charge in [0.2, 0.25) is 6.08 Å². The largest absolute Gasteiger partial charge is 0.386 e. The number of isocyanates is 1. The van der Waals surface area contributed by atoms with Crippen molar-refractivity contribution in [2.45, 2.75) is 6.92 Å². The van der Waals surface area contributed by atoms with Crippen LogP contribution in [-0.4, -0.2) is 18.0 Å². The quantitative estimate of drug-likeness (QED) is 0.209. The summed E-state index contributed by atoms with van der Waals surface area (Å²) in [6, 6.07) is 0. The Morgan fingerprint density at radius 1 is 1.54 bits per heavy atom. The molecule has 0 aliphatic carbocycles. The molecule has 0 aromatic carbocycles. The van der Waals surface area contributed by atoms with E-state index in [1.165, 1.54) is 13.0 Å². The van der Waals surface area contributed by atoms with Crippen LogP contribution in [0.2, 0.25) is 0 Å². The summed E-state index contributed by atoms with van der Waals surface area (Å²) in [5.41, 5.74) is 0.112. The molecule has 0 saturated heterocycles. The molecule has 0 rings (SSSR count). The molecule has 0 spiro atoms. The summed E-state index contributed by atoms with van der Waals surface area (Å²) in [5, 5.41) is 0. The van der Waals surface area contributed by atoms with Gasteiger partial charge in [-0.2, -0.15) is 4.99 Å². The summed E-state index contributed by atoms with van der Waals surface area (Å²) in [5.74, 6) is -1.73. The van der Waals surface area contributed by atoms with Gasteiger partial charge in [-0.15, -0.1) is 0 Å². The summed E-state index contributed by atoms with van der Waals surface area (Å²) in [7, 11) is 0. The lowest BCUT2D eigenvalue weighted by atomic mass is 10.4. The average Bonchev–Trinajstić information content (AvgIpc) is 2.04. The van der Waals surface area contributed by atoms with Gasteiger partial charge < -0.3 is 4.74 Å². The van der Waals surface area contributed by atoms with Gasteiger partial charge in [0.25, 0.3) is 0 Å². The van der Waals surface area contributed by atoms with E-state index in [-0.39, 0.29) is 5.57 Å². The van der Waals surface area contributed by atoms with Crippen molar-refractivity contribution < 1.29 is 19.1 Å². The lowest BCUT2D eigenvalue weighted by molar-refractivity contribution is -0.153. The molecule has 5 heteroatoms. The molecule has 0 bridgehead atoms. The first kappa shape index (κ1) is 11.0. The minimum absolute atomic E-state index is 0.112. The Balaban J connectivity index is 4.09. The highest BCUT2D eigenvalue weighted by Crippen LogP contribution is 1.93. The number of carbonyl (C=O) groups is 2. The monoisotopic (exact) mass is 181 g/mol. The van der Waals surface area contributed by atoms with Crippen LogP contribution in [0.5, 0.6) is 0 Å². The molecule has 0 aliphatic heterocycles. The van der Waals surface area contributed by atoms with E-state index < -0.39 is 11.9 Å². The molecule has 0 aromatic heterocycles. The highest BCUT2D eigenvalue weighted by Gasteiger charge is 2.06. The minimum Gasteiger partial charge on any atom is -0.386 e. The van der Waals surface area contributed by atoms with Gasteiger partial charge in [0.1, 0.15) is 0 Å². The molecular formula is C8H7NO4. The Labute approximate surface area is 74.4 Å². The zero-order chi connectivity index (χ0) is 10.3. The van der Waals surface area contributed by atoms with Crippen molar-refractivity contribution in [3.63, 3.8) is 0 Å². The molecule has 0 aliphatic rings. The number of hydrogen-bond acceptors (Lipinski definition) is 5. The van der Waals surface area contributed by atoms with E-state index in [9.17, 15) is 14.4 Å². The average molecular weight is 181 g/mol. The van der Waals surface area contributed by atoms with E-state index in [1.54, 1.807) is 0 Å². The molecule has 0 radical (unpaired) electrons. The van der Waals surface area contributed by atoms with Crippen LogP contribution in [-0.2, 0) is 19.1 Å². The molecule has 0 unspecified atom stereocenters. The molecule has 0 amide bonds. The number of hydrogen-bond donors (Lipinski definition) is 0. The molecule has 13 heavy (non-hydrogen) atoms. The van der Waals surface area contributed by atoms with E-state index in [4.69, 9.17) is 0 Å². The van der Waals surface area contributed by atoms with Crippen LogP contribution < -0.4 is 0 Å². The molecule has 0 N–H and O–H groups in total. The maximum Gasteiger partial charge on any atom is 0.340 e. The first-order chi connectivity index (χ1) is 6.07. The summed E-state index contributed by atoms with van der Waals surface area (Å²) in [4.78, 5) is 33.9. The van der Waals surface area contributed by atoms with Gasteiger partial charge in [-0.1, -0.05) is 6.58 Å². The molecule has 0 saturated carbocycles. The number of ether oxygens (including phenoxy) is 1. The van der Waals surface area contributed by atoms with E-state index in [2.05, 4.69) is 16.3 Å². The molecule has 0 fully saturated rings. The van der Waals surface area contributed by atoms with E-state index >= 15 is 0 Å². The van der Waals surface area contributed by atoms with E-state index in [0.717, 1.165) is 12.3 Å². The van der Waals surface area contributed by atoms with Crippen LogP contribution in [0.1, 0.15) is 6.92 Å². The van der Waals surface area contributed by atoms with Crippen LogP contribution in [0, 0.1) is 0 Å². The molecule has 68 valence electrons. The summed E-state index contributed by atoms with van der Waals surface area (Å²) in [6.45, 7) is 4.67. The van der Waals surface area contributed by atoms with E-state index in [0.29, 0.717) is 0 Å². The Morgan fingerprint density at radius 3 is 2.62 bits per heavy atom. The molecule has 0 heterocycles. The first-order valence-corrected chi connectivity index (χ1v) is 3.23. The van der Waals surface area contributed by atoms with Crippen LogP contribution in [0.15, 0.2) is 29.4 Å². The maximum absolute atomic E-state index is 10.7. The Morgan fingerprint density at radius 2 is 2.15 bits per heavy atom. The topological polar surface area (TPSA) is 72.8 Å². The third kappa shape index (κ3) is 5.29. The van der Waals surface area contributed by atoms with Crippen LogP contribution >= 0.6 is 0 Å². The fraction of sp³-hybridized carbons (Fsp3) is 0.125. The third-order valence-electron chi connectivity index (χ3n) is 0.880. The lowest BCUT2D eigenvalue weighted by Crippen LogP contribution is -2.10. The van der Waals surface area contributed by atoms with Crippen molar-refractivity contribution in [2.75, 3.05) is 0 Å². The van der Waals surface area contributed by atoms with Gasteiger partial charge in [0.05, 0.1) is 0 Å². The molecular weight excluding hydrogens is 174 g/mol. The van der Waals surface area contributed by atoms with Crippen molar-refractivity contribution in [1.29, 1.82) is 0 Å². The van der Waals surface area contributed by atoms with Crippen molar-refractivity contribution in [3.8, 4) is 0 Å². The van der Waals surface area contributed by atoms with Crippen molar-refractivity contribution >= 4 is 18.0 Å². The first-order valence-electron chi connectivity index (χ1n) is 3.23. The Kier molecular flexibility index (Phi) is 4.76. The highest BCUT2D eigenvalue weighted by atomic mass is 16.6. The smallest absolute Gasteiger partial charge is 0.340 e. The molecule has 5 nitrogen and oxygen atoms in total. The number of esters is 2. The lowest BCUT2D eigenvalue weighted by Gasteiger charge is -1.96. The van der Waals surface area contributed by atoms with Gasteiger partial charge in [0, 0.05) is 17.8 Å². The fourth-order valence-corrected chi connectivity index (χ4v) is 0.341. The van der Waals surface area contributed by atoms with Gasteiger partial charge in [0.15, 0.2) is 0 Å². The molecule has 0 atom stereocenters. The number of rotatable bonds is 3. The van der Waals surface area contributed by atoms with Crippen LogP contribution in [0.3, 0.4) is 0 Å². The van der Waals surface area contributed by atoms with Gasteiger partial charge >= 0.3 is 11.9 Å². The van der Waals surface area contributed by atoms with Gasteiger partial charge in [-0.3, -0.25) is 0 Å². The second-order valence-electron chi connectivity index (χ2n) is 2.03. The SMILES string of the molecule is C=C(C)C(=O)OC(=O)C=CN=C=O. The normalized spacial score (nSPS) is 9.00. The van der Waals surface area contributed by atoms with Gasteiger partial charge in [-0.05, 0) is 6.92 Å². The van der Waals surface area contributed by atoms with Crippen molar-refractivity contribution in [3.05, 3.63) is 24.4 Å². The number of carbonyl (C=O) groups excluding carboxylic acids is 3. The summed E-state index contributed by atoms with van der Waals surface area (Å²) in [6.07, 6.45) is 2.88.